The van der Waals surface area contributed by atoms with Gasteiger partial charge < -0.3 is 5.32 Å². The molecule has 0 aliphatic rings. The lowest BCUT2D eigenvalue weighted by atomic mass is 9.90. The van der Waals surface area contributed by atoms with E-state index in [-0.39, 0.29) is 16.7 Å². The Morgan fingerprint density at radius 3 is 2.68 bits per heavy atom. The summed E-state index contributed by atoms with van der Waals surface area (Å²) in [5.74, 6) is -0.0926. The summed E-state index contributed by atoms with van der Waals surface area (Å²) in [5, 5.41) is 2.83. The zero-order valence-corrected chi connectivity index (χ0v) is 15.8. The molecule has 0 bridgehead atoms. The molecule has 1 N–H and O–H groups in total. The Bertz CT molecular complexity index is 459. The van der Waals surface area contributed by atoms with Crippen molar-refractivity contribution in [3.05, 3.63) is 31.8 Å². The minimum Gasteiger partial charge on any atom is -0.351 e. The highest BCUT2D eigenvalue weighted by Gasteiger charge is 2.18. The van der Waals surface area contributed by atoms with Crippen LogP contribution in [0.1, 0.15) is 37.6 Å². The first kappa shape index (κ1) is 17.2. The van der Waals surface area contributed by atoms with Gasteiger partial charge in [-0.1, -0.05) is 20.8 Å². The van der Waals surface area contributed by atoms with Crippen molar-refractivity contribution < 1.29 is 4.79 Å². The maximum atomic E-state index is 12.1. The summed E-state index contributed by atoms with van der Waals surface area (Å²) in [6.07, 6.45) is 0.863. The van der Waals surface area contributed by atoms with Gasteiger partial charge in [0.25, 0.3) is 5.91 Å². The van der Waals surface area contributed by atoms with Crippen molar-refractivity contribution in [2.45, 2.75) is 32.6 Å². The molecule has 0 saturated heterocycles. The lowest BCUT2D eigenvalue weighted by Crippen LogP contribution is -2.31. The average molecular weight is 459 g/mol. The van der Waals surface area contributed by atoms with E-state index < -0.39 is 0 Å². The predicted octanol–water partition coefficient (Wildman–Crippen LogP) is 4.83. The number of alkyl halides is 1. The molecule has 0 fully saturated rings. The van der Waals surface area contributed by atoms with Crippen LogP contribution < -0.4 is 5.32 Å². The third kappa shape index (κ3) is 6.45. The molecule has 1 atom stereocenters. The second kappa shape index (κ2) is 7.27. The fourth-order valence-corrected chi connectivity index (χ4v) is 3.16. The van der Waals surface area contributed by atoms with E-state index in [4.69, 9.17) is 11.6 Å². The number of carbonyl (C=O) groups is 1. The van der Waals surface area contributed by atoms with Crippen LogP contribution in [0.25, 0.3) is 0 Å². The Morgan fingerprint density at radius 1 is 1.47 bits per heavy atom. The highest BCUT2D eigenvalue weighted by atomic mass is 127. The molecule has 19 heavy (non-hydrogen) atoms. The topological polar surface area (TPSA) is 29.1 Å². The molecule has 2 nitrogen and oxygen atoms in total. The quantitative estimate of drug-likeness (QED) is 0.508. The Labute approximate surface area is 141 Å². The normalized spacial score (nSPS) is 13.2. The van der Waals surface area contributed by atoms with Gasteiger partial charge in [0.2, 0.25) is 0 Å². The molecule has 0 aliphatic carbocycles. The van der Waals surface area contributed by atoms with Crippen molar-refractivity contribution in [2.75, 3.05) is 6.54 Å². The van der Waals surface area contributed by atoms with Gasteiger partial charge >= 0.3 is 0 Å². The van der Waals surface area contributed by atoms with Crippen LogP contribution in [-0.2, 0) is 0 Å². The van der Waals surface area contributed by atoms with E-state index in [1.807, 2.05) is 18.2 Å². The number of amides is 1. The van der Waals surface area contributed by atoms with Crippen molar-refractivity contribution in [2.24, 2.45) is 5.41 Å². The summed E-state index contributed by atoms with van der Waals surface area (Å²) in [6.45, 7) is 6.90. The van der Waals surface area contributed by atoms with E-state index in [0.29, 0.717) is 12.1 Å². The lowest BCUT2D eigenvalue weighted by molar-refractivity contribution is 0.0951. The van der Waals surface area contributed by atoms with Crippen LogP contribution in [0.2, 0.25) is 0 Å². The van der Waals surface area contributed by atoms with Gasteiger partial charge in [0.15, 0.2) is 0 Å². The molecular formula is C14H18BrClINO. The van der Waals surface area contributed by atoms with Crippen LogP contribution in [0.5, 0.6) is 0 Å². The van der Waals surface area contributed by atoms with E-state index in [2.05, 4.69) is 64.6 Å². The van der Waals surface area contributed by atoms with Crippen molar-refractivity contribution in [1.29, 1.82) is 0 Å². The second-order valence-corrected chi connectivity index (χ2v) is 8.41. The van der Waals surface area contributed by atoms with Crippen LogP contribution in [-0.4, -0.2) is 17.8 Å². The Hall–Kier alpha value is 0.190. The molecule has 0 saturated carbocycles. The summed E-state index contributed by atoms with van der Waals surface area (Å²) in [4.78, 5) is 12.1. The number of carbonyl (C=O) groups excluding carboxylic acids is 1. The van der Waals surface area contributed by atoms with Crippen LogP contribution in [0.3, 0.4) is 0 Å². The SMILES string of the molecule is CC(C)(C)CC(Cl)CNC(=O)c1cc(I)ccc1Br. The number of benzene rings is 1. The van der Waals surface area contributed by atoms with Gasteiger partial charge in [0, 0.05) is 14.6 Å². The van der Waals surface area contributed by atoms with Crippen LogP contribution in [0.4, 0.5) is 0 Å². The molecule has 1 rings (SSSR count). The fraction of sp³-hybridized carbons (Fsp3) is 0.500. The Balaban J connectivity index is 2.58. The summed E-state index contributed by atoms with van der Waals surface area (Å²) in [7, 11) is 0. The van der Waals surface area contributed by atoms with Crippen LogP contribution in [0.15, 0.2) is 22.7 Å². The van der Waals surface area contributed by atoms with Gasteiger partial charge in [-0.2, -0.15) is 0 Å². The van der Waals surface area contributed by atoms with E-state index in [9.17, 15) is 4.79 Å². The molecule has 1 amide bonds. The van der Waals surface area contributed by atoms with Gasteiger partial charge in [0.05, 0.1) is 10.9 Å². The molecule has 1 aromatic carbocycles. The minimum atomic E-state index is -0.0926. The van der Waals surface area contributed by atoms with Crippen molar-refractivity contribution >= 4 is 56.0 Å². The zero-order valence-electron chi connectivity index (χ0n) is 11.3. The molecule has 0 radical (unpaired) electrons. The molecule has 0 aliphatic heterocycles. The number of rotatable bonds is 4. The molecule has 0 spiro atoms. The van der Waals surface area contributed by atoms with E-state index in [1.165, 1.54) is 0 Å². The Kier molecular flexibility index (Phi) is 6.60. The van der Waals surface area contributed by atoms with Crippen LogP contribution in [0, 0.1) is 8.99 Å². The molecule has 1 aromatic rings. The molecule has 5 heteroatoms. The highest BCUT2D eigenvalue weighted by molar-refractivity contribution is 14.1. The van der Waals surface area contributed by atoms with Gasteiger partial charge in [-0.3, -0.25) is 4.79 Å². The fourth-order valence-electron chi connectivity index (χ4n) is 1.71. The summed E-state index contributed by atoms with van der Waals surface area (Å²) in [6, 6.07) is 5.68. The molecular weight excluding hydrogens is 440 g/mol. The highest BCUT2D eigenvalue weighted by Crippen LogP contribution is 2.23. The van der Waals surface area contributed by atoms with Crippen LogP contribution >= 0.6 is 50.1 Å². The number of hydrogen-bond donors (Lipinski definition) is 1. The molecule has 0 aromatic heterocycles. The summed E-state index contributed by atoms with van der Waals surface area (Å²) >= 11 is 11.8. The third-order valence-electron chi connectivity index (χ3n) is 2.49. The van der Waals surface area contributed by atoms with Crippen molar-refractivity contribution in [3.8, 4) is 0 Å². The smallest absolute Gasteiger partial charge is 0.252 e. The van der Waals surface area contributed by atoms with Crippen molar-refractivity contribution in [3.63, 3.8) is 0 Å². The van der Waals surface area contributed by atoms with Gasteiger partial charge in [-0.25, -0.2) is 0 Å². The summed E-state index contributed by atoms with van der Waals surface area (Å²) < 4.78 is 1.83. The van der Waals surface area contributed by atoms with E-state index in [0.717, 1.165) is 14.5 Å². The van der Waals surface area contributed by atoms with Gasteiger partial charge in [-0.15, -0.1) is 11.6 Å². The number of hydrogen-bond acceptors (Lipinski definition) is 1. The number of nitrogens with one attached hydrogen (secondary N) is 1. The predicted molar refractivity (Wildman–Crippen MR) is 92.9 cm³/mol. The van der Waals surface area contributed by atoms with Crippen molar-refractivity contribution in [1.82, 2.24) is 5.32 Å². The van der Waals surface area contributed by atoms with E-state index >= 15 is 0 Å². The van der Waals surface area contributed by atoms with E-state index in [1.54, 1.807) is 0 Å². The first-order chi connectivity index (χ1) is 8.69. The second-order valence-electron chi connectivity index (χ2n) is 5.70. The monoisotopic (exact) mass is 457 g/mol. The average Bonchev–Trinajstić information content (AvgIpc) is 2.27. The minimum absolute atomic E-state index is 0.0505. The standard InChI is InChI=1S/C14H18BrClINO/c1-14(2,3)7-9(16)8-18-13(19)11-6-10(17)4-5-12(11)15/h4-6,9H,7-8H2,1-3H3,(H,18,19). The summed E-state index contributed by atoms with van der Waals surface area (Å²) in [5.41, 5.74) is 0.811. The lowest BCUT2D eigenvalue weighted by Gasteiger charge is -2.22. The largest absolute Gasteiger partial charge is 0.351 e. The zero-order chi connectivity index (χ0) is 14.6. The van der Waals surface area contributed by atoms with Gasteiger partial charge in [0.1, 0.15) is 0 Å². The first-order valence-corrected chi connectivity index (χ1v) is 8.37. The molecule has 1 unspecified atom stereocenters. The Morgan fingerprint density at radius 2 is 2.11 bits per heavy atom. The third-order valence-corrected chi connectivity index (χ3v) is 4.16. The molecule has 106 valence electrons. The molecule has 0 heterocycles. The number of halogens is 3. The van der Waals surface area contributed by atoms with Gasteiger partial charge in [-0.05, 0) is 68.6 Å². The maximum absolute atomic E-state index is 12.1. The maximum Gasteiger partial charge on any atom is 0.252 e. The first-order valence-electron chi connectivity index (χ1n) is 6.06.